The van der Waals surface area contributed by atoms with Crippen LogP contribution >= 0.6 is 0 Å². The number of fused-ring (bicyclic) bond motifs is 1. The maximum atomic E-state index is 5.73. The van der Waals surface area contributed by atoms with Gasteiger partial charge in [0.25, 0.3) is 0 Å². The van der Waals surface area contributed by atoms with Crippen LogP contribution in [0.15, 0.2) is 49.1 Å². The van der Waals surface area contributed by atoms with Gasteiger partial charge in [-0.2, -0.15) is 0 Å². The van der Waals surface area contributed by atoms with Crippen LogP contribution in [0.5, 0.6) is 0 Å². The number of imidazole rings is 1. The van der Waals surface area contributed by atoms with E-state index in [0.29, 0.717) is 6.54 Å². The zero-order valence-corrected chi connectivity index (χ0v) is 9.24. The highest BCUT2D eigenvalue weighted by Gasteiger charge is 2.07. The lowest BCUT2D eigenvalue weighted by atomic mass is 10.2. The van der Waals surface area contributed by atoms with Crippen molar-refractivity contribution in [2.75, 3.05) is 0 Å². The second-order valence-corrected chi connectivity index (χ2v) is 3.81. The molecule has 0 bridgehead atoms. The molecule has 2 aromatic heterocycles. The Morgan fingerprint density at radius 1 is 1.18 bits per heavy atom. The van der Waals surface area contributed by atoms with Gasteiger partial charge in [-0.15, -0.1) is 0 Å². The number of nitrogens with two attached hydrogens (primary N) is 1. The van der Waals surface area contributed by atoms with E-state index in [4.69, 9.17) is 5.73 Å². The van der Waals surface area contributed by atoms with Gasteiger partial charge in [0, 0.05) is 24.5 Å². The summed E-state index contributed by atoms with van der Waals surface area (Å²) in [5, 5.41) is 0. The lowest BCUT2D eigenvalue weighted by molar-refractivity contribution is 0.982. The standard InChI is InChI=1S/C13H12N4/c14-7-10-8-15-6-5-12(10)17-9-16-11-3-1-2-4-13(11)17/h1-6,8-9H,7,14H2. The Kier molecular flexibility index (Phi) is 2.34. The minimum atomic E-state index is 0.468. The van der Waals surface area contributed by atoms with E-state index in [0.717, 1.165) is 22.3 Å². The van der Waals surface area contributed by atoms with Crippen molar-refractivity contribution < 1.29 is 0 Å². The molecule has 2 N–H and O–H groups in total. The molecule has 0 fully saturated rings. The minimum Gasteiger partial charge on any atom is -0.326 e. The van der Waals surface area contributed by atoms with Crippen LogP contribution < -0.4 is 5.73 Å². The Hall–Kier alpha value is -2.20. The summed E-state index contributed by atoms with van der Waals surface area (Å²) in [7, 11) is 0. The number of hydrogen-bond donors (Lipinski definition) is 1. The average Bonchev–Trinajstić information content (AvgIpc) is 2.82. The number of nitrogens with zero attached hydrogens (tertiary/aromatic N) is 3. The van der Waals surface area contributed by atoms with Gasteiger partial charge in [0.2, 0.25) is 0 Å². The van der Waals surface area contributed by atoms with Crippen LogP contribution in [0, 0.1) is 0 Å². The SMILES string of the molecule is NCc1cnccc1-n1cnc2ccccc21. The molecule has 4 nitrogen and oxygen atoms in total. The molecule has 0 aliphatic heterocycles. The summed E-state index contributed by atoms with van der Waals surface area (Å²) in [4.78, 5) is 8.46. The van der Waals surface area contributed by atoms with Crippen LogP contribution in [0.1, 0.15) is 5.56 Å². The largest absolute Gasteiger partial charge is 0.326 e. The van der Waals surface area contributed by atoms with Crippen molar-refractivity contribution in [3.63, 3.8) is 0 Å². The fourth-order valence-corrected chi connectivity index (χ4v) is 1.96. The van der Waals surface area contributed by atoms with Gasteiger partial charge in [0.15, 0.2) is 0 Å². The Morgan fingerprint density at radius 2 is 2.06 bits per heavy atom. The van der Waals surface area contributed by atoms with Gasteiger partial charge in [0.05, 0.1) is 16.7 Å². The molecule has 0 saturated heterocycles. The third kappa shape index (κ3) is 1.59. The van der Waals surface area contributed by atoms with Gasteiger partial charge < -0.3 is 5.73 Å². The Bertz CT molecular complexity index is 657. The quantitative estimate of drug-likeness (QED) is 0.723. The number of aromatic nitrogens is 3. The number of hydrogen-bond acceptors (Lipinski definition) is 3. The van der Waals surface area contributed by atoms with E-state index in [1.165, 1.54) is 0 Å². The molecule has 0 aliphatic rings. The van der Waals surface area contributed by atoms with E-state index < -0.39 is 0 Å². The highest BCUT2D eigenvalue weighted by atomic mass is 15.1. The van der Waals surface area contributed by atoms with E-state index in [9.17, 15) is 0 Å². The molecule has 0 amide bonds. The van der Waals surface area contributed by atoms with Crippen LogP contribution in [0.2, 0.25) is 0 Å². The van der Waals surface area contributed by atoms with Crippen molar-refractivity contribution in [2.45, 2.75) is 6.54 Å². The Labute approximate surface area is 98.7 Å². The minimum absolute atomic E-state index is 0.468. The molecule has 2 heterocycles. The van der Waals surface area contributed by atoms with Crippen LogP contribution in [0.25, 0.3) is 16.7 Å². The molecule has 0 atom stereocenters. The molecule has 3 aromatic rings. The van der Waals surface area contributed by atoms with Gasteiger partial charge in [-0.3, -0.25) is 9.55 Å². The first kappa shape index (κ1) is 9.99. The first-order valence-electron chi connectivity index (χ1n) is 5.45. The maximum Gasteiger partial charge on any atom is 0.100 e. The lowest BCUT2D eigenvalue weighted by Crippen LogP contribution is -2.04. The zero-order valence-electron chi connectivity index (χ0n) is 9.24. The summed E-state index contributed by atoms with van der Waals surface area (Å²) >= 11 is 0. The van der Waals surface area contributed by atoms with Crippen LogP contribution in [-0.2, 0) is 6.54 Å². The van der Waals surface area contributed by atoms with Crippen molar-refractivity contribution in [2.24, 2.45) is 5.73 Å². The molecule has 0 unspecified atom stereocenters. The van der Waals surface area contributed by atoms with E-state index in [1.54, 1.807) is 12.4 Å². The average molecular weight is 224 g/mol. The molecule has 17 heavy (non-hydrogen) atoms. The smallest absolute Gasteiger partial charge is 0.100 e. The number of para-hydroxylation sites is 2. The molecule has 1 aromatic carbocycles. The highest BCUT2D eigenvalue weighted by Crippen LogP contribution is 2.19. The number of benzene rings is 1. The van der Waals surface area contributed by atoms with E-state index >= 15 is 0 Å². The zero-order chi connectivity index (χ0) is 11.7. The summed E-state index contributed by atoms with van der Waals surface area (Å²) in [6.45, 7) is 0.468. The fourth-order valence-electron chi connectivity index (χ4n) is 1.96. The Morgan fingerprint density at radius 3 is 2.94 bits per heavy atom. The number of rotatable bonds is 2. The first-order chi connectivity index (χ1) is 8.40. The van der Waals surface area contributed by atoms with E-state index in [-0.39, 0.29) is 0 Å². The third-order valence-corrected chi connectivity index (χ3v) is 2.81. The van der Waals surface area contributed by atoms with Gasteiger partial charge >= 0.3 is 0 Å². The topological polar surface area (TPSA) is 56.7 Å². The van der Waals surface area contributed by atoms with Crippen molar-refractivity contribution in [3.05, 3.63) is 54.6 Å². The van der Waals surface area contributed by atoms with Crippen molar-refractivity contribution in [1.82, 2.24) is 14.5 Å². The molecular formula is C13H12N4. The lowest BCUT2D eigenvalue weighted by Gasteiger charge is -2.08. The molecular weight excluding hydrogens is 212 g/mol. The highest BCUT2D eigenvalue weighted by molar-refractivity contribution is 5.77. The predicted octanol–water partition coefficient (Wildman–Crippen LogP) is 1.88. The summed E-state index contributed by atoms with van der Waals surface area (Å²) in [5.74, 6) is 0. The van der Waals surface area contributed by atoms with Crippen molar-refractivity contribution in [3.8, 4) is 5.69 Å². The fraction of sp³-hybridized carbons (Fsp3) is 0.0769. The third-order valence-electron chi connectivity index (χ3n) is 2.81. The van der Waals surface area contributed by atoms with Gasteiger partial charge in [-0.05, 0) is 18.2 Å². The summed E-state index contributed by atoms with van der Waals surface area (Å²) in [5.41, 5.74) is 9.83. The maximum absolute atomic E-state index is 5.73. The van der Waals surface area contributed by atoms with E-state index in [2.05, 4.69) is 9.97 Å². The van der Waals surface area contributed by atoms with Crippen LogP contribution in [0.4, 0.5) is 0 Å². The summed E-state index contributed by atoms with van der Waals surface area (Å²) < 4.78 is 2.04. The number of pyridine rings is 1. The van der Waals surface area contributed by atoms with Crippen molar-refractivity contribution >= 4 is 11.0 Å². The van der Waals surface area contributed by atoms with Gasteiger partial charge in [-0.25, -0.2) is 4.98 Å². The molecule has 0 spiro atoms. The summed E-state index contributed by atoms with van der Waals surface area (Å²) in [6, 6.07) is 9.98. The molecule has 84 valence electrons. The second-order valence-electron chi connectivity index (χ2n) is 3.81. The van der Waals surface area contributed by atoms with Gasteiger partial charge in [0.1, 0.15) is 6.33 Å². The second kappa shape index (κ2) is 3.99. The molecule has 0 aliphatic carbocycles. The summed E-state index contributed by atoms with van der Waals surface area (Å²) in [6.07, 6.45) is 5.38. The first-order valence-corrected chi connectivity index (χ1v) is 5.45. The monoisotopic (exact) mass is 224 g/mol. The molecule has 0 saturated carbocycles. The van der Waals surface area contributed by atoms with Gasteiger partial charge in [-0.1, -0.05) is 12.1 Å². The van der Waals surface area contributed by atoms with E-state index in [1.807, 2.05) is 41.2 Å². The normalized spacial score (nSPS) is 10.9. The molecule has 4 heteroatoms. The van der Waals surface area contributed by atoms with Crippen LogP contribution in [-0.4, -0.2) is 14.5 Å². The Balaban J connectivity index is 2.27. The predicted molar refractivity (Wildman–Crippen MR) is 66.8 cm³/mol. The molecule has 3 rings (SSSR count). The molecule has 0 radical (unpaired) electrons. The van der Waals surface area contributed by atoms with Crippen LogP contribution in [0.3, 0.4) is 0 Å². The van der Waals surface area contributed by atoms with Crippen molar-refractivity contribution in [1.29, 1.82) is 0 Å².